The molecule has 5 aromatic rings. The molecule has 17 heteroatoms. The fourth-order valence-corrected chi connectivity index (χ4v) is 9.84. The van der Waals surface area contributed by atoms with Crippen LogP contribution in [0.2, 0.25) is 0 Å². The molecule has 0 aliphatic carbocycles. The Bertz CT molecular complexity index is 2450. The lowest BCUT2D eigenvalue weighted by Gasteiger charge is -2.47. The van der Waals surface area contributed by atoms with Crippen LogP contribution in [0.4, 0.5) is 27.8 Å². The predicted octanol–water partition coefficient (Wildman–Crippen LogP) is 3.87. The first kappa shape index (κ1) is 37.1. The van der Waals surface area contributed by atoms with Gasteiger partial charge in [0.25, 0.3) is 5.91 Å². The number of urea groups is 1. The van der Waals surface area contributed by atoms with E-state index in [-0.39, 0.29) is 36.0 Å². The van der Waals surface area contributed by atoms with E-state index in [0.29, 0.717) is 47.8 Å². The number of H-pyrrole nitrogens is 1. The summed E-state index contributed by atoms with van der Waals surface area (Å²) in [6.45, 7) is 6.71. The number of nitrogens with zero attached hydrogens (tertiary/aromatic N) is 8. The molecule has 0 spiro atoms. The van der Waals surface area contributed by atoms with Crippen LogP contribution in [0.15, 0.2) is 53.3 Å². The maximum absolute atomic E-state index is 12.7. The smallest absolute Gasteiger partial charge is 0.320 e. The van der Waals surface area contributed by atoms with Crippen molar-refractivity contribution in [2.75, 3.05) is 74.5 Å². The highest BCUT2D eigenvalue weighted by Crippen LogP contribution is 2.41. The summed E-state index contributed by atoms with van der Waals surface area (Å²) in [6.07, 6.45) is 8.22. The number of benzene rings is 2. The highest BCUT2D eigenvalue weighted by Gasteiger charge is 2.38. The summed E-state index contributed by atoms with van der Waals surface area (Å²) in [5.74, 6) is -0.431. The second-order valence-electron chi connectivity index (χ2n) is 16.6. The van der Waals surface area contributed by atoms with Crippen LogP contribution in [0.1, 0.15) is 72.1 Å². The number of primary amides is 1. The van der Waals surface area contributed by atoms with Gasteiger partial charge in [-0.1, -0.05) is 5.16 Å². The van der Waals surface area contributed by atoms with E-state index in [0.717, 1.165) is 99.2 Å². The van der Waals surface area contributed by atoms with Crippen molar-refractivity contribution in [3.05, 3.63) is 65.7 Å². The molecular weight excluding hydrogens is 753 g/mol. The largest absolute Gasteiger partial charge is 0.371 e. The monoisotopic (exact) mass is 800 g/mol. The normalized spacial score (nSPS) is 22.4. The number of nitrogens with one attached hydrogen (secondary N) is 3. The van der Waals surface area contributed by atoms with Crippen LogP contribution in [0.25, 0.3) is 21.9 Å². The first-order valence-corrected chi connectivity index (χ1v) is 20.7. The lowest BCUT2D eigenvalue weighted by Crippen LogP contribution is -2.54. The zero-order valence-corrected chi connectivity index (χ0v) is 33.0. The number of carbonyl (C=O) groups is 4. The fourth-order valence-electron chi connectivity index (χ4n) is 9.84. The number of likely N-dealkylation sites (N-methyl/N-ethyl adjacent to an activating group) is 1. The van der Waals surface area contributed by atoms with Crippen molar-refractivity contribution in [3.8, 4) is 0 Å². The molecule has 5 fully saturated rings. The van der Waals surface area contributed by atoms with Crippen LogP contribution in [0.5, 0.6) is 0 Å². The molecule has 0 radical (unpaired) electrons. The first-order valence-electron chi connectivity index (χ1n) is 20.7. The van der Waals surface area contributed by atoms with E-state index in [4.69, 9.17) is 15.2 Å². The molecule has 10 rings (SSSR count). The Balaban J connectivity index is 0.758. The third kappa shape index (κ3) is 6.76. The number of nitrogens with two attached hydrogens (primary N) is 1. The van der Waals surface area contributed by atoms with E-state index in [1.165, 1.54) is 5.56 Å². The van der Waals surface area contributed by atoms with Gasteiger partial charge in [-0.05, 0) is 74.1 Å². The first-order chi connectivity index (χ1) is 28.7. The van der Waals surface area contributed by atoms with Gasteiger partial charge >= 0.3 is 6.03 Å². The highest BCUT2D eigenvalue weighted by molar-refractivity contribution is 6.10. The molecule has 17 nitrogen and oxygen atoms in total. The number of likely N-dealkylation sites (tertiary alicyclic amines) is 1. The predicted molar refractivity (Wildman–Crippen MR) is 221 cm³/mol. The lowest BCUT2D eigenvalue weighted by atomic mass is 9.85. The van der Waals surface area contributed by atoms with Crippen molar-refractivity contribution >= 4 is 68.6 Å². The fraction of sp³-hybridized carbons (Fsp3) is 0.452. The summed E-state index contributed by atoms with van der Waals surface area (Å²) in [7, 11) is 1.84. The number of hydrogen-bond acceptors (Lipinski definition) is 12. The van der Waals surface area contributed by atoms with Crippen molar-refractivity contribution in [2.24, 2.45) is 5.73 Å². The van der Waals surface area contributed by atoms with E-state index in [1.807, 2.05) is 36.3 Å². The number of piperidine rings is 3. The van der Waals surface area contributed by atoms with E-state index >= 15 is 0 Å². The molecular formula is C42H48N12O5. The second-order valence-corrected chi connectivity index (χ2v) is 16.6. The van der Waals surface area contributed by atoms with Gasteiger partial charge in [0.15, 0.2) is 17.1 Å². The van der Waals surface area contributed by atoms with Crippen molar-refractivity contribution in [2.45, 2.75) is 62.4 Å². The quantitative estimate of drug-likeness (QED) is 0.157. The molecule has 5 aliphatic heterocycles. The number of carbonyl (C=O) groups excluding carboxylic acids is 4. The molecule has 1 unspecified atom stereocenters. The highest BCUT2D eigenvalue weighted by atomic mass is 16.5. The Hall–Kier alpha value is -6.23. The summed E-state index contributed by atoms with van der Waals surface area (Å²) in [6, 6.07) is 12.9. The summed E-state index contributed by atoms with van der Waals surface area (Å²) < 4.78 is 5.82. The topological polar surface area (TPSA) is 202 Å². The van der Waals surface area contributed by atoms with E-state index in [2.05, 4.69) is 58.7 Å². The molecule has 5 aliphatic rings. The molecule has 5 saturated heterocycles. The van der Waals surface area contributed by atoms with Crippen molar-refractivity contribution < 1.29 is 23.7 Å². The summed E-state index contributed by atoms with van der Waals surface area (Å²) >= 11 is 0. The van der Waals surface area contributed by atoms with Crippen LogP contribution in [-0.2, 0) is 9.59 Å². The van der Waals surface area contributed by atoms with Gasteiger partial charge in [-0.3, -0.25) is 24.6 Å². The number of imide groups is 1. The van der Waals surface area contributed by atoms with Crippen LogP contribution in [0.3, 0.4) is 0 Å². The third-order valence-electron chi connectivity index (χ3n) is 13.1. The van der Waals surface area contributed by atoms with Gasteiger partial charge in [-0.15, -0.1) is 0 Å². The van der Waals surface area contributed by atoms with Gasteiger partial charge in [-0.25, -0.2) is 14.8 Å². The van der Waals surface area contributed by atoms with Crippen LogP contribution >= 0.6 is 0 Å². The number of anilines is 4. The Morgan fingerprint density at radius 1 is 0.932 bits per heavy atom. The minimum Gasteiger partial charge on any atom is -0.371 e. The van der Waals surface area contributed by atoms with E-state index < -0.39 is 11.8 Å². The van der Waals surface area contributed by atoms with Gasteiger partial charge in [-0.2, -0.15) is 0 Å². The second kappa shape index (κ2) is 14.9. The average Bonchev–Trinajstić information content (AvgIpc) is 3.97. The standard InChI is InChI=1S/C42H48N12O5/c1-50-17-18-54(42(50)58)28-3-2-14-52(23-28)33-20-45-38(39(43)56)40(47-33)46-25-4-6-26(7-5-25)51-15-11-27(12-16-51)53-21-24(22-53)31-19-32-35(29-10-13-44-36(29)31)37(49-59-32)30-8-9-34(55)48-41(30)57/h4-7,10,13,19-20,24,27-28,30,44H,2-3,8-9,11-12,14-18,21-23H2,1H3,(H2,43,56)(H,46,47)(H,48,55,57)/t28-,30?/m1/s1. The molecule has 59 heavy (non-hydrogen) atoms. The van der Waals surface area contributed by atoms with Gasteiger partial charge in [0, 0.05) is 106 Å². The van der Waals surface area contributed by atoms with Crippen LogP contribution in [0, 0.1) is 0 Å². The lowest BCUT2D eigenvalue weighted by molar-refractivity contribution is -0.134. The average molecular weight is 801 g/mol. The number of aromatic nitrogens is 4. The van der Waals surface area contributed by atoms with Crippen molar-refractivity contribution in [1.82, 2.24) is 40.1 Å². The molecule has 0 bridgehead atoms. The van der Waals surface area contributed by atoms with E-state index in [9.17, 15) is 19.2 Å². The molecule has 2 aromatic carbocycles. The maximum Gasteiger partial charge on any atom is 0.320 e. The molecule has 306 valence electrons. The zero-order valence-electron chi connectivity index (χ0n) is 33.0. The SMILES string of the molecule is CN1CCN([C@@H]2CCCN(c3cnc(C(N)=O)c(Nc4ccc(N5CCC(N6CC(c7cc8onc(C9CCC(=O)NC9=O)c8c8cc[nH]c78)C6)CC5)cc4)n3)C2)C1=O. The molecule has 2 atom stereocenters. The Kier molecular flexibility index (Phi) is 9.33. The van der Waals surface area contributed by atoms with Gasteiger partial charge in [0.1, 0.15) is 11.5 Å². The Labute approximate surface area is 340 Å². The van der Waals surface area contributed by atoms with E-state index in [1.54, 1.807) is 11.1 Å². The maximum atomic E-state index is 12.7. The third-order valence-corrected chi connectivity index (χ3v) is 13.1. The number of hydrogen-bond donors (Lipinski definition) is 4. The minimum absolute atomic E-state index is 0.0652. The minimum atomic E-state index is -0.657. The van der Waals surface area contributed by atoms with Crippen LogP contribution in [-0.4, -0.2) is 130 Å². The molecule has 0 saturated carbocycles. The Morgan fingerprint density at radius 2 is 1.75 bits per heavy atom. The molecule has 3 aromatic heterocycles. The summed E-state index contributed by atoms with van der Waals surface area (Å²) in [4.78, 5) is 73.1. The van der Waals surface area contributed by atoms with Crippen molar-refractivity contribution in [1.29, 1.82) is 0 Å². The van der Waals surface area contributed by atoms with Crippen LogP contribution < -0.4 is 26.2 Å². The number of fused-ring (bicyclic) bond motifs is 3. The Morgan fingerprint density at radius 3 is 2.49 bits per heavy atom. The summed E-state index contributed by atoms with van der Waals surface area (Å²) in [5, 5.41) is 11.9. The van der Waals surface area contributed by atoms with Crippen molar-refractivity contribution in [3.63, 3.8) is 0 Å². The summed E-state index contributed by atoms with van der Waals surface area (Å²) in [5.41, 5.74) is 11.2. The van der Waals surface area contributed by atoms with Gasteiger partial charge in [0.2, 0.25) is 11.8 Å². The molecule has 5 N–H and O–H groups in total. The molecule has 5 amide bonds. The zero-order chi connectivity index (χ0) is 40.4. The number of amides is 5. The van der Waals surface area contributed by atoms with Gasteiger partial charge < -0.3 is 40.2 Å². The van der Waals surface area contributed by atoms with Gasteiger partial charge in [0.05, 0.1) is 23.5 Å². The molecule has 8 heterocycles. The number of aromatic amines is 1. The number of rotatable bonds is 9.